The Labute approximate surface area is 112 Å². The highest BCUT2D eigenvalue weighted by Crippen LogP contribution is 2.27. The number of aromatic amines is 1. The van der Waals surface area contributed by atoms with Crippen molar-refractivity contribution in [3.63, 3.8) is 0 Å². The number of carbonyl (C=O) groups excluding carboxylic acids is 1. The van der Waals surface area contributed by atoms with E-state index < -0.39 is 0 Å². The zero-order valence-electron chi connectivity index (χ0n) is 11.3. The molecule has 4 nitrogen and oxygen atoms in total. The molecule has 0 radical (unpaired) electrons. The first-order valence-electron chi connectivity index (χ1n) is 6.74. The fourth-order valence-electron chi connectivity index (χ4n) is 3.05. The van der Waals surface area contributed by atoms with E-state index in [4.69, 9.17) is 5.73 Å². The quantitative estimate of drug-likeness (QED) is 0.771. The number of likely N-dealkylation sites (tertiary alicyclic amines) is 1. The fourth-order valence-corrected chi connectivity index (χ4v) is 3.05. The monoisotopic (exact) mass is 257 g/mol. The van der Waals surface area contributed by atoms with Crippen molar-refractivity contribution in [3.05, 3.63) is 30.0 Å². The molecule has 2 unspecified atom stereocenters. The average molecular weight is 257 g/mol. The van der Waals surface area contributed by atoms with Crippen LogP contribution in [0.3, 0.4) is 0 Å². The Morgan fingerprint density at radius 3 is 2.89 bits per heavy atom. The minimum atomic E-state index is 0.105. The standard InChI is InChI=1S/C15H19N3O/c1-9-5-10(2)18(8-9)15(19)13-7-17-14-4-3-11(16)6-12(13)14/h3-4,6-7,9-10,17H,5,8,16H2,1-2H3. The Kier molecular flexibility index (Phi) is 2.73. The van der Waals surface area contributed by atoms with Crippen LogP contribution >= 0.6 is 0 Å². The summed E-state index contributed by atoms with van der Waals surface area (Å²) < 4.78 is 0. The second-order valence-electron chi connectivity index (χ2n) is 5.65. The zero-order chi connectivity index (χ0) is 13.6. The molecule has 0 saturated carbocycles. The summed E-state index contributed by atoms with van der Waals surface area (Å²) >= 11 is 0. The highest BCUT2D eigenvalue weighted by atomic mass is 16.2. The number of carbonyl (C=O) groups is 1. The van der Waals surface area contributed by atoms with E-state index in [0.717, 1.165) is 29.4 Å². The molecule has 2 heterocycles. The molecule has 3 N–H and O–H groups in total. The SMILES string of the molecule is CC1CC(C)N(C(=O)c2c[nH]c3ccc(N)cc23)C1. The molecule has 4 heteroatoms. The first-order chi connectivity index (χ1) is 9.06. The van der Waals surface area contributed by atoms with Gasteiger partial charge in [0, 0.05) is 35.4 Å². The van der Waals surface area contributed by atoms with Gasteiger partial charge in [-0.1, -0.05) is 6.92 Å². The number of amides is 1. The number of nitrogens with one attached hydrogen (secondary N) is 1. The Balaban J connectivity index is 2.00. The first kappa shape index (κ1) is 12.1. The smallest absolute Gasteiger partial charge is 0.256 e. The maximum atomic E-state index is 12.7. The summed E-state index contributed by atoms with van der Waals surface area (Å²) in [5.74, 6) is 0.683. The third-order valence-electron chi connectivity index (χ3n) is 3.98. The molecule has 19 heavy (non-hydrogen) atoms. The van der Waals surface area contributed by atoms with E-state index in [9.17, 15) is 4.79 Å². The van der Waals surface area contributed by atoms with Gasteiger partial charge in [0.1, 0.15) is 0 Å². The van der Waals surface area contributed by atoms with Crippen molar-refractivity contribution in [2.45, 2.75) is 26.3 Å². The molecule has 1 aromatic carbocycles. The molecular weight excluding hydrogens is 238 g/mol. The van der Waals surface area contributed by atoms with Gasteiger partial charge in [-0.15, -0.1) is 0 Å². The van der Waals surface area contributed by atoms with Crippen LogP contribution in [-0.2, 0) is 0 Å². The van der Waals surface area contributed by atoms with Crippen molar-refractivity contribution in [3.8, 4) is 0 Å². The molecule has 2 atom stereocenters. The minimum absolute atomic E-state index is 0.105. The largest absolute Gasteiger partial charge is 0.399 e. The first-order valence-corrected chi connectivity index (χ1v) is 6.74. The molecule has 0 spiro atoms. The lowest BCUT2D eigenvalue weighted by molar-refractivity contribution is 0.0746. The molecule has 1 aromatic heterocycles. The average Bonchev–Trinajstić information content (AvgIpc) is 2.91. The number of nitrogens with two attached hydrogens (primary N) is 1. The van der Waals surface area contributed by atoms with Gasteiger partial charge in [-0.25, -0.2) is 0 Å². The molecule has 1 fully saturated rings. The topological polar surface area (TPSA) is 62.1 Å². The van der Waals surface area contributed by atoms with Gasteiger partial charge in [0.2, 0.25) is 0 Å². The van der Waals surface area contributed by atoms with Crippen molar-refractivity contribution in [1.29, 1.82) is 0 Å². The molecule has 1 saturated heterocycles. The predicted molar refractivity (Wildman–Crippen MR) is 77.0 cm³/mol. The Hall–Kier alpha value is -1.97. The lowest BCUT2D eigenvalue weighted by Gasteiger charge is -2.21. The number of fused-ring (bicyclic) bond motifs is 1. The third-order valence-corrected chi connectivity index (χ3v) is 3.98. The second kappa shape index (κ2) is 4.30. The number of hydrogen-bond acceptors (Lipinski definition) is 2. The van der Waals surface area contributed by atoms with Crippen LogP contribution in [0.2, 0.25) is 0 Å². The van der Waals surface area contributed by atoms with Crippen molar-refractivity contribution < 1.29 is 4.79 Å². The van der Waals surface area contributed by atoms with Gasteiger partial charge in [0.05, 0.1) is 5.56 Å². The molecule has 0 bridgehead atoms. The Morgan fingerprint density at radius 1 is 1.42 bits per heavy atom. The van der Waals surface area contributed by atoms with E-state index in [1.54, 1.807) is 6.20 Å². The van der Waals surface area contributed by atoms with Crippen LogP contribution in [0.5, 0.6) is 0 Å². The van der Waals surface area contributed by atoms with Crippen LogP contribution in [0, 0.1) is 5.92 Å². The van der Waals surface area contributed by atoms with Crippen molar-refractivity contribution in [2.75, 3.05) is 12.3 Å². The number of benzene rings is 1. The van der Waals surface area contributed by atoms with E-state index >= 15 is 0 Å². The number of nitrogen functional groups attached to an aromatic ring is 1. The molecular formula is C15H19N3O. The maximum absolute atomic E-state index is 12.7. The lowest BCUT2D eigenvalue weighted by Crippen LogP contribution is -2.33. The van der Waals surface area contributed by atoms with Gasteiger partial charge in [-0.3, -0.25) is 4.79 Å². The van der Waals surface area contributed by atoms with E-state index in [1.807, 2.05) is 23.1 Å². The van der Waals surface area contributed by atoms with E-state index in [0.29, 0.717) is 17.6 Å². The molecule has 100 valence electrons. The van der Waals surface area contributed by atoms with Crippen LogP contribution < -0.4 is 5.73 Å². The number of aromatic nitrogens is 1. The summed E-state index contributed by atoms with van der Waals surface area (Å²) in [5.41, 5.74) is 8.18. The van der Waals surface area contributed by atoms with Gasteiger partial charge in [0.15, 0.2) is 0 Å². The van der Waals surface area contributed by atoms with Crippen LogP contribution in [-0.4, -0.2) is 28.4 Å². The van der Waals surface area contributed by atoms with Crippen LogP contribution in [0.25, 0.3) is 10.9 Å². The van der Waals surface area contributed by atoms with Crippen LogP contribution in [0.4, 0.5) is 5.69 Å². The van der Waals surface area contributed by atoms with Crippen LogP contribution in [0.15, 0.2) is 24.4 Å². The van der Waals surface area contributed by atoms with Gasteiger partial charge >= 0.3 is 0 Å². The number of hydrogen-bond donors (Lipinski definition) is 2. The van der Waals surface area contributed by atoms with Gasteiger partial charge in [-0.05, 0) is 37.5 Å². The van der Waals surface area contributed by atoms with E-state index in [1.165, 1.54) is 0 Å². The third kappa shape index (κ3) is 1.97. The molecule has 2 aromatic rings. The molecule has 0 aliphatic carbocycles. The van der Waals surface area contributed by atoms with Crippen molar-refractivity contribution in [2.24, 2.45) is 5.92 Å². The molecule has 1 aliphatic heterocycles. The lowest BCUT2D eigenvalue weighted by atomic mass is 10.1. The predicted octanol–water partition coefficient (Wildman–Crippen LogP) is 2.62. The fraction of sp³-hybridized carbons (Fsp3) is 0.400. The van der Waals surface area contributed by atoms with E-state index in [-0.39, 0.29) is 5.91 Å². The van der Waals surface area contributed by atoms with E-state index in [2.05, 4.69) is 18.8 Å². The molecule has 1 aliphatic rings. The van der Waals surface area contributed by atoms with Crippen molar-refractivity contribution in [1.82, 2.24) is 9.88 Å². The summed E-state index contributed by atoms with van der Waals surface area (Å²) in [6.07, 6.45) is 2.87. The number of H-pyrrole nitrogens is 1. The summed E-state index contributed by atoms with van der Waals surface area (Å²) in [5, 5.41) is 0.914. The van der Waals surface area contributed by atoms with Gasteiger partial charge < -0.3 is 15.6 Å². The van der Waals surface area contributed by atoms with Gasteiger partial charge in [0.25, 0.3) is 5.91 Å². The highest BCUT2D eigenvalue weighted by molar-refractivity contribution is 6.07. The number of nitrogens with zero attached hydrogens (tertiary/aromatic N) is 1. The minimum Gasteiger partial charge on any atom is -0.399 e. The van der Waals surface area contributed by atoms with Crippen LogP contribution in [0.1, 0.15) is 30.6 Å². The summed E-state index contributed by atoms with van der Waals surface area (Å²) in [6, 6.07) is 5.93. The van der Waals surface area contributed by atoms with Gasteiger partial charge in [-0.2, -0.15) is 0 Å². The zero-order valence-corrected chi connectivity index (χ0v) is 11.3. The normalized spacial score (nSPS) is 23.2. The second-order valence-corrected chi connectivity index (χ2v) is 5.65. The number of anilines is 1. The molecule has 1 amide bonds. The van der Waals surface area contributed by atoms with Crippen molar-refractivity contribution >= 4 is 22.5 Å². The summed E-state index contributed by atoms with van der Waals surface area (Å²) in [4.78, 5) is 17.8. The Bertz CT molecular complexity index is 631. The number of rotatable bonds is 1. The highest BCUT2D eigenvalue weighted by Gasteiger charge is 2.31. The molecule has 3 rings (SSSR count). The summed E-state index contributed by atoms with van der Waals surface area (Å²) in [6.45, 7) is 5.15. The Morgan fingerprint density at radius 2 is 2.21 bits per heavy atom. The maximum Gasteiger partial charge on any atom is 0.256 e. The summed E-state index contributed by atoms with van der Waals surface area (Å²) in [7, 11) is 0.